The van der Waals surface area contributed by atoms with Crippen molar-refractivity contribution in [3.63, 3.8) is 0 Å². The summed E-state index contributed by atoms with van der Waals surface area (Å²) >= 11 is 1.99. The molecule has 2 heteroatoms. The number of hydrogen-bond acceptors (Lipinski definition) is 2. The van der Waals surface area contributed by atoms with Gasteiger partial charge in [0.25, 0.3) is 0 Å². The van der Waals surface area contributed by atoms with Crippen molar-refractivity contribution < 1.29 is 0 Å². The summed E-state index contributed by atoms with van der Waals surface area (Å²) < 4.78 is 0. The largest absolute Gasteiger partial charge is 0.339 e. The van der Waals surface area contributed by atoms with Crippen LogP contribution in [0.15, 0.2) is 9.79 Å². The molecule has 3 rings (SSSR count). The molecule has 24 heavy (non-hydrogen) atoms. The molecule has 0 N–H and O–H groups in total. The van der Waals surface area contributed by atoms with Crippen LogP contribution >= 0.6 is 11.8 Å². The monoisotopic (exact) mass is 339 g/mol. The Kier molecular flexibility index (Phi) is 4.24. The first-order chi connectivity index (χ1) is 11.2. The van der Waals surface area contributed by atoms with Gasteiger partial charge in [-0.15, -0.1) is 0 Å². The molecule has 2 aromatic rings. The zero-order chi connectivity index (χ0) is 17.9. The molecule has 1 heterocycles. The van der Waals surface area contributed by atoms with Crippen molar-refractivity contribution >= 4 is 23.1 Å². The lowest BCUT2D eigenvalue weighted by atomic mass is 9.93. The normalized spacial score (nSPS) is 13.1. The Labute approximate surface area is 151 Å². The minimum absolute atomic E-state index is 1.01. The van der Waals surface area contributed by atoms with E-state index in [9.17, 15) is 0 Å². The van der Waals surface area contributed by atoms with Crippen molar-refractivity contribution in [3.05, 3.63) is 44.5 Å². The van der Waals surface area contributed by atoms with E-state index in [0.717, 1.165) is 6.54 Å². The molecule has 0 aromatic heterocycles. The first kappa shape index (κ1) is 17.4. The molecule has 2 aromatic carbocycles. The van der Waals surface area contributed by atoms with E-state index in [1.807, 2.05) is 11.8 Å². The predicted octanol–water partition coefficient (Wildman–Crippen LogP) is 6.78. The molecule has 0 saturated heterocycles. The number of benzene rings is 2. The van der Waals surface area contributed by atoms with Crippen LogP contribution in [0.5, 0.6) is 0 Å². The van der Waals surface area contributed by atoms with Crippen molar-refractivity contribution in [2.24, 2.45) is 0 Å². The molecular weight excluding hydrogens is 310 g/mol. The number of nitrogens with zero attached hydrogens (tertiary/aromatic N) is 1. The third kappa shape index (κ3) is 2.15. The summed E-state index contributed by atoms with van der Waals surface area (Å²) in [4.78, 5) is 5.47. The van der Waals surface area contributed by atoms with Crippen LogP contribution in [-0.2, 0) is 0 Å². The Balaban J connectivity index is 2.43. The van der Waals surface area contributed by atoms with E-state index in [1.54, 1.807) is 0 Å². The molecular formula is C22H29NS. The molecule has 0 amide bonds. The molecule has 0 atom stereocenters. The fraction of sp³-hybridized carbons (Fsp3) is 0.455. The van der Waals surface area contributed by atoms with E-state index in [-0.39, 0.29) is 0 Å². The summed E-state index contributed by atoms with van der Waals surface area (Å²) in [6, 6.07) is 0. The van der Waals surface area contributed by atoms with E-state index in [2.05, 4.69) is 67.2 Å². The summed E-state index contributed by atoms with van der Waals surface area (Å²) in [5.74, 6) is 0. The number of hydrogen-bond donors (Lipinski definition) is 0. The van der Waals surface area contributed by atoms with Crippen LogP contribution < -0.4 is 4.90 Å². The first-order valence-corrected chi connectivity index (χ1v) is 9.70. The summed E-state index contributed by atoms with van der Waals surface area (Å²) in [6.07, 6.45) is 0. The van der Waals surface area contributed by atoms with Crippen LogP contribution in [0, 0.1) is 55.4 Å². The SMILES string of the molecule is CCN1c2c(C)c(C)c(C)c(C)c2Sc2c(C)c(C)c(C)c(C)c21. The summed E-state index contributed by atoms with van der Waals surface area (Å²) in [6.45, 7) is 21.5. The van der Waals surface area contributed by atoms with Gasteiger partial charge in [-0.3, -0.25) is 0 Å². The molecule has 0 radical (unpaired) electrons. The van der Waals surface area contributed by atoms with Gasteiger partial charge in [0.05, 0.1) is 11.4 Å². The van der Waals surface area contributed by atoms with Gasteiger partial charge in [-0.1, -0.05) is 11.8 Å². The summed E-state index contributed by atoms with van der Waals surface area (Å²) in [5.41, 5.74) is 14.4. The molecule has 0 bridgehead atoms. The minimum Gasteiger partial charge on any atom is -0.339 e. The third-order valence-corrected chi connectivity index (χ3v) is 7.66. The van der Waals surface area contributed by atoms with Crippen LogP contribution in [0.1, 0.15) is 51.4 Å². The predicted molar refractivity (Wildman–Crippen MR) is 108 cm³/mol. The highest BCUT2D eigenvalue weighted by atomic mass is 32.2. The smallest absolute Gasteiger partial charge is 0.0588 e. The van der Waals surface area contributed by atoms with Crippen LogP contribution in [-0.4, -0.2) is 6.54 Å². The fourth-order valence-electron chi connectivity index (χ4n) is 3.95. The highest BCUT2D eigenvalue weighted by Crippen LogP contribution is 2.55. The number of anilines is 2. The topological polar surface area (TPSA) is 3.24 Å². The number of rotatable bonds is 1. The second-order valence-corrected chi connectivity index (χ2v) is 8.22. The van der Waals surface area contributed by atoms with Gasteiger partial charge in [-0.05, 0) is 107 Å². The lowest BCUT2D eigenvalue weighted by Gasteiger charge is -2.38. The van der Waals surface area contributed by atoms with E-state index < -0.39 is 0 Å². The lowest BCUT2D eigenvalue weighted by molar-refractivity contribution is 0.934. The Morgan fingerprint density at radius 3 is 1.21 bits per heavy atom. The van der Waals surface area contributed by atoms with Crippen LogP contribution in [0.2, 0.25) is 0 Å². The standard InChI is InChI=1S/C22H29NS/c1-10-23-19-15(6)11(2)13(4)17(8)21(19)24-22-18(9)14(5)12(3)16(7)20(22)23/h10H2,1-9H3. The average molecular weight is 340 g/mol. The molecule has 0 saturated carbocycles. The second-order valence-electron chi connectivity index (χ2n) is 7.20. The maximum absolute atomic E-state index is 2.56. The van der Waals surface area contributed by atoms with Gasteiger partial charge in [0.2, 0.25) is 0 Å². The average Bonchev–Trinajstić information content (AvgIpc) is 2.59. The minimum atomic E-state index is 1.01. The molecule has 0 unspecified atom stereocenters. The van der Waals surface area contributed by atoms with Crippen molar-refractivity contribution in [1.29, 1.82) is 0 Å². The zero-order valence-corrected chi connectivity index (χ0v) is 17.4. The van der Waals surface area contributed by atoms with Crippen molar-refractivity contribution in [1.82, 2.24) is 0 Å². The van der Waals surface area contributed by atoms with E-state index >= 15 is 0 Å². The summed E-state index contributed by atoms with van der Waals surface area (Å²) in [5, 5.41) is 0. The van der Waals surface area contributed by atoms with Gasteiger partial charge >= 0.3 is 0 Å². The van der Waals surface area contributed by atoms with Gasteiger partial charge in [0.1, 0.15) is 0 Å². The Bertz CT molecular complexity index is 792. The Hall–Kier alpha value is -1.41. The molecule has 1 aliphatic rings. The second kappa shape index (κ2) is 5.84. The van der Waals surface area contributed by atoms with Gasteiger partial charge in [-0.2, -0.15) is 0 Å². The van der Waals surface area contributed by atoms with Crippen molar-refractivity contribution in [3.8, 4) is 0 Å². The highest BCUT2D eigenvalue weighted by Gasteiger charge is 2.31. The zero-order valence-electron chi connectivity index (χ0n) is 16.6. The first-order valence-electron chi connectivity index (χ1n) is 8.88. The van der Waals surface area contributed by atoms with Crippen LogP contribution in [0.3, 0.4) is 0 Å². The number of fused-ring (bicyclic) bond motifs is 2. The molecule has 1 aliphatic heterocycles. The third-order valence-electron chi connectivity index (χ3n) is 6.26. The summed E-state index contributed by atoms with van der Waals surface area (Å²) in [7, 11) is 0. The maximum atomic E-state index is 2.56. The van der Waals surface area contributed by atoms with E-state index in [1.165, 1.54) is 65.7 Å². The quantitative estimate of drug-likeness (QED) is 0.563. The Morgan fingerprint density at radius 2 is 0.875 bits per heavy atom. The van der Waals surface area contributed by atoms with E-state index in [0.29, 0.717) is 0 Å². The molecule has 0 aliphatic carbocycles. The van der Waals surface area contributed by atoms with Crippen LogP contribution in [0.25, 0.3) is 0 Å². The highest BCUT2D eigenvalue weighted by molar-refractivity contribution is 7.99. The van der Waals surface area contributed by atoms with E-state index in [4.69, 9.17) is 0 Å². The van der Waals surface area contributed by atoms with Crippen molar-refractivity contribution in [2.45, 2.75) is 72.1 Å². The Morgan fingerprint density at radius 1 is 0.542 bits per heavy atom. The van der Waals surface area contributed by atoms with Gasteiger partial charge in [0.15, 0.2) is 0 Å². The molecule has 128 valence electrons. The lowest BCUT2D eigenvalue weighted by Crippen LogP contribution is -2.24. The fourth-order valence-corrected chi connectivity index (χ4v) is 5.48. The molecule has 1 nitrogen and oxygen atoms in total. The maximum Gasteiger partial charge on any atom is 0.0588 e. The van der Waals surface area contributed by atoms with Gasteiger partial charge < -0.3 is 4.90 Å². The van der Waals surface area contributed by atoms with Gasteiger partial charge in [0, 0.05) is 16.3 Å². The van der Waals surface area contributed by atoms with Crippen LogP contribution in [0.4, 0.5) is 11.4 Å². The van der Waals surface area contributed by atoms with Gasteiger partial charge in [-0.25, -0.2) is 0 Å². The van der Waals surface area contributed by atoms with Crippen molar-refractivity contribution in [2.75, 3.05) is 11.4 Å². The molecule has 0 spiro atoms. The molecule has 0 fully saturated rings.